The molecule has 1 aliphatic rings. The number of hydrogen-bond donors (Lipinski definition) is 1. The van der Waals surface area contributed by atoms with Crippen molar-refractivity contribution in [3.05, 3.63) is 48.0 Å². The van der Waals surface area contributed by atoms with E-state index in [9.17, 15) is 0 Å². The molecule has 3 rings (SSSR count). The van der Waals surface area contributed by atoms with Crippen LogP contribution in [0.5, 0.6) is 11.5 Å². The predicted octanol–water partition coefficient (Wildman–Crippen LogP) is 3.10. The molecule has 3 heteroatoms. The van der Waals surface area contributed by atoms with Crippen molar-refractivity contribution in [3.8, 4) is 22.6 Å². The molecule has 0 bridgehead atoms. The molecular weight excluding hydrogens is 226 g/mol. The molecule has 0 fully saturated rings. The van der Waals surface area contributed by atoms with E-state index in [1.165, 1.54) is 0 Å². The second kappa shape index (κ2) is 4.35. The van der Waals surface area contributed by atoms with Crippen LogP contribution in [0.15, 0.2) is 42.5 Å². The van der Waals surface area contributed by atoms with Gasteiger partial charge in [-0.2, -0.15) is 0 Å². The summed E-state index contributed by atoms with van der Waals surface area (Å²) in [7, 11) is 0. The molecule has 2 aromatic rings. The number of benzene rings is 2. The smallest absolute Gasteiger partial charge is 0.231 e. The third-order valence-corrected chi connectivity index (χ3v) is 3.12. The SMILES string of the molecule is CC(N)c1cccc(-c2ccc3c(c2)OCO3)c1. The van der Waals surface area contributed by atoms with Gasteiger partial charge in [0.15, 0.2) is 11.5 Å². The van der Waals surface area contributed by atoms with Crippen molar-refractivity contribution in [2.24, 2.45) is 5.73 Å². The average molecular weight is 241 g/mol. The summed E-state index contributed by atoms with van der Waals surface area (Å²) in [5.74, 6) is 1.61. The molecule has 3 nitrogen and oxygen atoms in total. The molecule has 92 valence electrons. The number of fused-ring (bicyclic) bond motifs is 1. The van der Waals surface area contributed by atoms with Crippen LogP contribution < -0.4 is 15.2 Å². The molecule has 1 unspecified atom stereocenters. The largest absolute Gasteiger partial charge is 0.454 e. The highest BCUT2D eigenvalue weighted by Gasteiger charge is 2.14. The molecular formula is C15H15NO2. The van der Waals surface area contributed by atoms with Crippen molar-refractivity contribution in [1.82, 2.24) is 0 Å². The minimum Gasteiger partial charge on any atom is -0.454 e. The van der Waals surface area contributed by atoms with Crippen LogP contribution in [0.4, 0.5) is 0 Å². The normalized spacial score (nSPS) is 14.6. The number of hydrogen-bond acceptors (Lipinski definition) is 3. The van der Waals surface area contributed by atoms with Crippen LogP contribution in [0.3, 0.4) is 0 Å². The zero-order chi connectivity index (χ0) is 12.5. The van der Waals surface area contributed by atoms with Crippen LogP contribution in [-0.4, -0.2) is 6.79 Å². The van der Waals surface area contributed by atoms with Gasteiger partial charge < -0.3 is 15.2 Å². The fourth-order valence-corrected chi connectivity index (χ4v) is 2.08. The van der Waals surface area contributed by atoms with Gasteiger partial charge in [0.1, 0.15) is 0 Å². The summed E-state index contributed by atoms with van der Waals surface area (Å²) in [4.78, 5) is 0. The number of ether oxygens (including phenoxy) is 2. The molecule has 1 heterocycles. The minimum absolute atomic E-state index is 0.0407. The Morgan fingerprint density at radius 1 is 1.00 bits per heavy atom. The summed E-state index contributed by atoms with van der Waals surface area (Å²) in [6.07, 6.45) is 0. The summed E-state index contributed by atoms with van der Waals surface area (Å²) < 4.78 is 10.7. The first-order chi connectivity index (χ1) is 8.74. The Bertz CT molecular complexity index is 578. The van der Waals surface area contributed by atoms with E-state index in [4.69, 9.17) is 15.2 Å². The van der Waals surface area contributed by atoms with E-state index in [-0.39, 0.29) is 6.04 Å². The molecule has 0 aromatic heterocycles. The quantitative estimate of drug-likeness (QED) is 0.878. The Balaban J connectivity index is 2.02. The highest BCUT2D eigenvalue weighted by atomic mass is 16.7. The van der Waals surface area contributed by atoms with E-state index in [0.717, 1.165) is 28.2 Å². The first-order valence-corrected chi connectivity index (χ1v) is 5.99. The van der Waals surface area contributed by atoms with Crippen LogP contribution in [0.1, 0.15) is 18.5 Å². The highest BCUT2D eigenvalue weighted by molar-refractivity contribution is 5.68. The highest BCUT2D eigenvalue weighted by Crippen LogP contribution is 2.36. The van der Waals surface area contributed by atoms with Gasteiger partial charge in [0.25, 0.3) is 0 Å². The van der Waals surface area contributed by atoms with E-state index in [1.54, 1.807) is 0 Å². The molecule has 0 spiro atoms. The lowest BCUT2D eigenvalue weighted by atomic mass is 10.0. The van der Waals surface area contributed by atoms with Gasteiger partial charge in [-0.3, -0.25) is 0 Å². The third-order valence-electron chi connectivity index (χ3n) is 3.12. The monoisotopic (exact) mass is 241 g/mol. The van der Waals surface area contributed by atoms with Crippen molar-refractivity contribution >= 4 is 0 Å². The van der Waals surface area contributed by atoms with Gasteiger partial charge >= 0.3 is 0 Å². The van der Waals surface area contributed by atoms with Crippen molar-refractivity contribution in [1.29, 1.82) is 0 Å². The van der Waals surface area contributed by atoms with Crippen LogP contribution in [-0.2, 0) is 0 Å². The van der Waals surface area contributed by atoms with E-state index in [1.807, 2.05) is 37.3 Å². The third kappa shape index (κ3) is 1.93. The molecule has 1 aliphatic heterocycles. The lowest BCUT2D eigenvalue weighted by Crippen LogP contribution is -2.04. The maximum Gasteiger partial charge on any atom is 0.231 e. The maximum atomic E-state index is 5.91. The second-order valence-corrected chi connectivity index (χ2v) is 4.48. The average Bonchev–Trinajstić information content (AvgIpc) is 2.86. The van der Waals surface area contributed by atoms with Crippen molar-refractivity contribution < 1.29 is 9.47 Å². The molecule has 0 saturated heterocycles. The molecule has 1 atom stereocenters. The summed E-state index contributed by atoms with van der Waals surface area (Å²) in [6, 6.07) is 14.3. The van der Waals surface area contributed by atoms with Crippen LogP contribution >= 0.6 is 0 Å². The maximum absolute atomic E-state index is 5.91. The predicted molar refractivity (Wildman–Crippen MR) is 70.6 cm³/mol. The Labute approximate surface area is 106 Å². The zero-order valence-corrected chi connectivity index (χ0v) is 10.2. The first kappa shape index (κ1) is 11.1. The lowest BCUT2D eigenvalue weighted by Gasteiger charge is -2.09. The van der Waals surface area contributed by atoms with Gasteiger partial charge in [0.05, 0.1) is 0 Å². The topological polar surface area (TPSA) is 44.5 Å². The van der Waals surface area contributed by atoms with E-state index in [2.05, 4.69) is 12.1 Å². The Hall–Kier alpha value is -2.00. The van der Waals surface area contributed by atoms with Gasteiger partial charge in [0, 0.05) is 6.04 Å². The van der Waals surface area contributed by atoms with Gasteiger partial charge in [0.2, 0.25) is 6.79 Å². The number of nitrogens with two attached hydrogens (primary N) is 1. The van der Waals surface area contributed by atoms with Crippen molar-refractivity contribution in [2.75, 3.05) is 6.79 Å². The van der Waals surface area contributed by atoms with Crippen molar-refractivity contribution in [3.63, 3.8) is 0 Å². The molecule has 0 amide bonds. The second-order valence-electron chi connectivity index (χ2n) is 4.48. The standard InChI is InChI=1S/C15H15NO2/c1-10(16)11-3-2-4-12(7-11)13-5-6-14-15(8-13)18-9-17-14/h2-8,10H,9,16H2,1H3. The Kier molecular flexibility index (Phi) is 2.68. The molecule has 2 N–H and O–H groups in total. The van der Waals surface area contributed by atoms with Gasteiger partial charge in [-0.25, -0.2) is 0 Å². The first-order valence-electron chi connectivity index (χ1n) is 5.99. The fraction of sp³-hybridized carbons (Fsp3) is 0.200. The van der Waals surface area contributed by atoms with Gasteiger partial charge in [-0.15, -0.1) is 0 Å². The molecule has 0 saturated carbocycles. The lowest BCUT2D eigenvalue weighted by molar-refractivity contribution is 0.174. The summed E-state index contributed by atoms with van der Waals surface area (Å²) >= 11 is 0. The fourth-order valence-electron chi connectivity index (χ4n) is 2.08. The Morgan fingerprint density at radius 3 is 2.61 bits per heavy atom. The van der Waals surface area contributed by atoms with Gasteiger partial charge in [-0.1, -0.05) is 24.3 Å². The van der Waals surface area contributed by atoms with Gasteiger partial charge in [-0.05, 0) is 41.8 Å². The van der Waals surface area contributed by atoms with Crippen LogP contribution in [0.25, 0.3) is 11.1 Å². The van der Waals surface area contributed by atoms with Crippen LogP contribution in [0.2, 0.25) is 0 Å². The molecule has 0 aliphatic carbocycles. The summed E-state index contributed by atoms with van der Waals surface area (Å²) in [5.41, 5.74) is 9.29. The van der Waals surface area contributed by atoms with Crippen molar-refractivity contribution in [2.45, 2.75) is 13.0 Å². The van der Waals surface area contributed by atoms with Crippen LogP contribution in [0, 0.1) is 0 Å². The zero-order valence-electron chi connectivity index (χ0n) is 10.2. The number of rotatable bonds is 2. The minimum atomic E-state index is 0.0407. The molecule has 2 aromatic carbocycles. The van der Waals surface area contributed by atoms with E-state index >= 15 is 0 Å². The van der Waals surface area contributed by atoms with E-state index in [0.29, 0.717) is 6.79 Å². The Morgan fingerprint density at radius 2 is 1.78 bits per heavy atom. The summed E-state index contributed by atoms with van der Waals surface area (Å²) in [5, 5.41) is 0. The molecule has 18 heavy (non-hydrogen) atoms. The molecule has 0 radical (unpaired) electrons. The van der Waals surface area contributed by atoms with E-state index < -0.39 is 0 Å². The summed E-state index contributed by atoms with van der Waals surface area (Å²) in [6.45, 7) is 2.29.